The van der Waals surface area contributed by atoms with E-state index < -0.39 is 29.7 Å². The minimum absolute atomic E-state index is 0.0709. The van der Waals surface area contributed by atoms with Gasteiger partial charge in [0.1, 0.15) is 6.04 Å². The highest BCUT2D eigenvalue weighted by atomic mass is 16.5. The third kappa shape index (κ3) is 5.18. The molecule has 0 radical (unpaired) electrons. The van der Waals surface area contributed by atoms with Crippen molar-refractivity contribution in [1.82, 2.24) is 10.2 Å². The molecule has 2 heterocycles. The van der Waals surface area contributed by atoms with Crippen molar-refractivity contribution in [2.75, 3.05) is 44.8 Å². The van der Waals surface area contributed by atoms with Crippen molar-refractivity contribution in [3.63, 3.8) is 0 Å². The molecule has 1 unspecified atom stereocenters. The number of anilines is 1. The van der Waals surface area contributed by atoms with E-state index in [0.29, 0.717) is 38.7 Å². The molecule has 1 saturated heterocycles. The van der Waals surface area contributed by atoms with Gasteiger partial charge in [0.05, 0.1) is 37.6 Å². The van der Waals surface area contributed by atoms with Crippen molar-refractivity contribution in [1.29, 1.82) is 0 Å². The number of piperidine rings is 1. The number of nitrogens with zero attached hydrogens (tertiary/aromatic N) is 4. The van der Waals surface area contributed by atoms with E-state index >= 15 is 0 Å². The van der Waals surface area contributed by atoms with Gasteiger partial charge in [-0.15, -0.1) is 0 Å². The van der Waals surface area contributed by atoms with Crippen LogP contribution in [-0.4, -0.2) is 74.1 Å². The van der Waals surface area contributed by atoms with Crippen LogP contribution in [0, 0.1) is 0 Å². The number of benzene rings is 1. The second-order valence-electron chi connectivity index (χ2n) is 6.78. The van der Waals surface area contributed by atoms with Crippen LogP contribution in [0.1, 0.15) is 33.6 Å². The lowest BCUT2D eigenvalue weighted by atomic mass is 10.0. The number of nitrogens with one attached hydrogen (secondary N) is 2. The molecule has 1 aromatic carbocycles. The maximum Gasteiger partial charge on any atom is 0.264 e. The predicted molar refractivity (Wildman–Crippen MR) is 107 cm³/mol. The molecule has 4 amide bonds. The number of imide groups is 2. The topological polar surface area (TPSA) is 163 Å². The first-order valence-corrected chi connectivity index (χ1v) is 9.79. The monoisotopic (exact) mass is 430 g/mol. The molecule has 31 heavy (non-hydrogen) atoms. The number of rotatable bonds is 11. The largest absolute Gasteiger partial charge is 0.382 e. The molecule has 12 heteroatoms. The summed E-state index contributed by atoms with van der Waals surface area (Å²) in [6.45, 7) is 2.01. The summed E-state index contributed by atoms with van der Waals surface area (Å²) in [5.41, 5.74) is 9.05. The van der Waals surface area contributed by atoms with Crippen LogP contribution in [-0.2, 0) is 19.1 Å². The number of fused-ring (bicyclic) bond motifs is 1. The van der Waals surface area contributed by atoms with Crippen molar-refractivity contribution in [2.24, 2.45) is 5.11 Å². The van der Waals surface area contributed by atoms with E-state index in [9.17, 15) is 19.2 Å². The molecule has 0 aliphatic carbocycles. The van der Waals surface area contributed by atoms with E-state index in [-0.39, 0.29) is 30.5 Å². The quantitative estimate of drug-likeness (QED) is 0.173. The fourth-order valence-corrected chi connectivity index (χ4v) is 3.39. The van der Waals surface area contributed by atoms with Gasteiger partial charge in [0.25, 0.3) is 11.8 Å². The Labute approximate surface area is 177 Å². The molecule has 3 rings (SSSR count). The molecule has 2 N–H and O–H groups in total. The SMILES string of the molecule is [N-]=[N+]=NCCOCCOCCNc1cccc2c1C(=O)N(C1CCC(=O)NC1=O)C2=O. The van der Waals surface area contributed by atoms with Crippen LogP contribution in [0.25, 0.3) is 10.4 Å². The summed E-state index contributed by atoms with van der Waals surface area (Å²) in [5.74, 6) is -2.17. The van der Waals surface area contributed by atoms with Crippen LogP contribution in [0.5, 0.6) is 0 Å². The number of ether oxygens (including phenoxy) is 2. The number of carbonyl (C=O) groups is 4. The Morgan fingerprint density at radius 2 is 1.90 bits per heavy atom. The van der Waals surface area contributed by atoms with Gasteiger partial charge in [-0.25, -0.2) is 0 Å². The number of hydrogen-bond donors (Lipinski definition) is 2. The maximum absolute atomic E-state index is 13.0. The van der Waals surface area contributed by atoms with E-state index in [1.807, 2.05) is 0 Å². The van der Waals surface area contributed by atoms with Gasteiger partial charge in [-0.1, -0.05) is 11.2 Å². The smallest absolute Gasteiger partial charge is 0.264 e. The number of hydrogen-bond acceptors (Lipinski definition) is 8. The molecule has 0 bridgehead atoms. The standard InChI is InChI=1S/C19H22N6O6/c20-24-22-7-9-31-11-10-30-8-6-21-13-3-1-2-12-16(13)19(29)25(18(12)28)14-4-5-15(26)23-17(14)27/h1-3,14,21H,4-11H2,(H,23,26,27). The molecule has 1 fully saturated rings. The molecular weight excluding hydrogens is 408 g/mol. The zero-order valence-electron chi connectivity index (χ0n) is 16.7. The van der Waals surface area contributed by atoms with E-state index in [1.165, 1.54) is 6.07 Å². The summed E-state index contributed by atoms with van der Waals surface area (Å²) < 4.78 is 10.7. The Bertz CT molecular complexity index is 928. The Morgan fingerprint density at radius 1 is 1.13 bits per heavy atom. The Hall–Kier alpha value is -3.47. The third-order valence-electron chi connectivity index (χ3n) is 4.80. The molecular formula is C19H22N6O6. The summed E-state index contributed by atoms with van der Waals surface area (Å²) in [4.78, 5) is 52.8. The van der Waals surface area contributed by atoms with E-state index in [2.05, 4.69) is 20.7 Å². The fraction of sp³-hybridized carbons (Fsp3) is 0.474. The fourth-order valence-electron chi connectivity index (χ4n) is 3.39. The van der Waals surface area contributed by atoms with Crippen molar-refractivity contribution in [3.05, 3.63) is 39.8 Å². The summed E-state index contributed by atoms with van der Waals surface area (Å²) in [6, 6.07) is 3.87. The summed E-state index contributed by atoms with van der Waals surface area (Å²) in [5, 5.41) is 8.60. The van der Waals surface area contributed by atoms with Crippen molar-refractivity contribution in [2.45, 2.75) is 18.9 Å². The van der Waals surface area contributed by atoms with Crippen LogP contribution in [0.2, 0.25) is 0 Å². The predicted octanol–water partition coefficient (Wildman–Crippen LogP) is 0.843. The summed E-state index contributed by atoms with van der Waals surface area (Å²) in [6.07, 6.45) is 0.180. The van der Waals surface area contributed by atoms with Gasteiger partial charge in [-0.05, 0) is 24.1 Å². The molecule has 0 spiro atoms. The number of carbonyl (C=O) groups excluding carboxylic acids is 4. The van der Waals surface area contributed by atoms with Crippen LogP contribution >= 0.6 is 0 Å². The van der Waals surface area contributed by atoms with Crippen molar-refractivity contribution >= 4 is 29.3 Å². The average molecular weight is 430 g/mol. The van der Waals surface area contributed by atoms with Gasteiger partial charge in [0.15, 0.2) is 0 Å². The lowest BCUT2D eigenvalue weighted by Gasteiger charge is -2.27. The first-order valence-electron chi connectivity index (χ1n) is 9.79. The maximum atomic E-state index is 13.0. The molecule has 0 saturated carbocycles. The van der Waals surface area contributed by atoms with Crippen molar-refractivity contribution < 1.29 is 28.7 Å². The minimum atomic E-state index is -1.000. The molecule has 1 atom stereocenters. The lowest BCUT2D eigenvalue weighted by Crippen LogP contribution is -2.54. The van der Waals surface area contributed by atoms with E-state index in [0.717, 1.165) is 4.90 Å². The van der Waals surface area contributed by atoms with Crippen LogP contribution < -0.4 is 10.6 Å². The number of azide groups is 1. The Balaban J connectivity index is 1.53. The van der Waals surface area contributed by atoms with Gasteiger partial charge in [-0.3, -0.25) is 29.4 Å². The first-order chi connectivity index (χ1) is 15.0. The normalized spacial score (nSPS) is 17.9. The van der Waals surface area contributed by atoms with Gasteiger partial charge in [0.2, 0.25) is 11.8 Å². The van der Waals surface area contributed by atoms with E-state index in [1.54, 1.807) is 12.1 Å². The third-order valence-corrected chi connectivity index (χ3v) is 4.80. The zero-order chi connectivity index (χ0) is 22.2. The van der Waals surface area contributed by atoms with Gasteiger partial charge in [0, 0.05) is 30.1 Å². The average Bonchev–Trinajstić information content (AvgIpc) is 3.01. The molecule has 1 aromatic rings. The summed E-state index contributed by atoms with van der Waals surface area (Å²) >= 11 is 0. The zero-order valence-corrected chi connectivity index (χ0v) is 16.7. The highest BCUT2D eigenvalue weighted by Gasteiger charge is 2.45. The first kappa shape index (κ1) is 22.2. The van der Waals surface area contributed by atoms with Crippen LogP contribution in [0.4, 0.5) is 5.69 Å². The second-order valence-corrected chi connectivity index (χ2v) is 6.78. The summed E-state index contributed by atoms with van der Waals surface area (Å²) in [7, 11) is 0. The Morgan fingerprint density at radius 3 is 2.65 bits per heavy atom. The highest BCUT2D eigenvalue weighted by molar-refractivity contribution is 6.25. The highest BCUT2D eigenvalue weighted by Crippen LogP contribution is 2.32. The van der Waals surface area contributed by atoms with Gasteiger partial charge >= 0.3 is 0 Å². The van der Waals surface area contributed by atoms with E-state index in [4.69, 9.17) is 15.0 Å². The molecule has 164 valence electrons. The number of amides is 4. The molecule has 0 aromatic heterocycles. The van der Waals surface area contributed by atoms with Crippen molar-refractivity contribution in [3.8, 4) is 0 Å². The Kier molecular flexibility index (Phi) is 7.55. The molecule has 12 nitrogen and oxygen atoms in total. The minimum Gasteiger partial charge on any atom is -0.382 e. The van der Waals surface area contributed by atoms with Gasteiger partial charge in [-0.2, -0.15) is 0 Å². The molecule has 2 aliphatic heterocycles. The van der Waals surface area contributed by atoms with Crippen LogP contribution in [0.15, 0.2) is 23.3 Å². The van der Waals surface area contributed by atoms with Crippen LogP contribution in [0.3, 0.4) is 0 Å². The van der Waals surface area contributed by atoms with Gasteiger partial charge < -0.3 is 14.8 Å². The lowest BCUT2D eigenvalue weighted by molar-refractivity contribution is -0.136. The second kappa shape index (κ2) is 10.5. The molecule has 2 aliphatic rings.